The topological polar surface area (TPSA) is 26.0 Å². The Morgan fingerprint density at radius 3 is 2.57 bits per heavy atom. The Bertz CT molecular complexity index is 155. The van der Waals surface area contributed by atoms with Crippen LogP contribution in [0.15, 0.2) is 0 Å². The number of hydrogen-bond donors (Lipinski definition) is 1. The van der Waals surface area contributed by atoms with Crippen molar-refractivity contribution >= 4 is 0 Å². The predicted molar refractivity (Wildman–Crippen MR) is 63.1 cm³/mol. The van der Waals surface area contributed by atoms with Gasteiger partial charge in [0.15, 0.2) is 0 Å². The largest absolute Gasteiger partial charge is 0.330 e. The number of hydrogen-bond acceptors (Lipinski definition) is 1. The van der Waals surface area contributed by atoms with Gasteiger partial charge in [-0.2, -0.15) is 0 Å². The molecular formula is C13H27N. The van der Waals surface area contributed by atoms with Gasteiger partial charge in [-0.3, -0.25) is 0 Å². The molecule has 0 spiro atoms. The van der Waals surface area contributed by atoms with E-state index in [9.17, 15) is 0 Å². The third kappa shape index (κ3) is 3.27. The number of nitrogens with two attached hydrogens (primary N) is 1. The molecule has 1 aliphatic rings. The van der Waals surface area contributed by atoms with Crippen molar-refractivity contribution in [1.29, 1.82) is 0 Å². The van der Waals surface area contributed by atoms with E-state index in [-0.39, 0.29) is 0 Å². The summed E-state index contributed by atoms with van der Waals surface area (Å²) in [6.07, 6.45) is 6.93. The molecule has 4 atom stereocenters. The average molecular weight is 197 g/mol. The van der Waals surface area contributed by atoms with Gasteiger partial charge in [0.2, 0.25) is 0 Å². The number of rotatable bonds is 4. The maximum Gasteiger partial charge on any atom is -0.00462 e. The molecule has 14 heavy (non-hydrogen) atoms. The second-order valence-corrected chi connectivity index (χ2v) is 5.42. The average Bonchev–Trinajstić information content (AvgIpc) is 2.18. The van der Waals surface area contributed by atoms with E-state index < -0.39 is 0 Å². The molecule has 0 heterocycles. The highest BCUT2D eigenvalue weighted by Gasteiger charge is 2.28. The fraction of sp³-hybridized carbons (Fsp3) is 1.00. The van der Waals surface area contributed by atoms with Gasteiger partial charge in [-0.05, 0) is 49.5 Å². The van der Waals surface area contributed by atoms with E-state index in [0.717, 1.165) is 30.2 Å². The highest BCUT2D eigenvalue weighted by Crippen LogP contribution is 2.37. The minimum absolute atomic E-state index is 0.820. The Kier molecular flexibility index (Phi) is 4.94. The predicted octanol–water partition coefficient (Wildman–Crippen LogP) is 3.43. The van der Waals surface area contributed by atoms with Crippen molar-refractivity contribution < 1.29 is 0 Å². The van der Waals surface area contributed by atoms with Crippen LogP contribution >= 0.6 is 0 Å². The van der Waals surface area contributed by atoms with Gasteiger partial charge < -0.3 is 5.73 Å². The van der Waals surface area contributed by atoms with Crippen LogP contribution in [0.5, 0.6) is 0 Å². The third-order valence-electron chi connectivity index (χ3n) is 4.11. The lowest BCUT2D eigenvalue weighted by Crippen LogP contribution is -2.30. The lowest BCUT2D eigenvalue weighted by molar-refractivity contribution is 0.164. The molecule has 0 aromatic rings. The molecule has 1 rings (SSSR count). The Morgan fingerprint density at radius 1 is 1.29 bits per heavy atom. The van der Waals surface area contributed by atoms with Crippen LogP contribution in [0.25, 0.3) is 0 Å². The Labute approximate surface area is 89.5 Å². The van der Waals surface area contributed by atoms with Crippen LogP contribution in [0.3, 0.4) is 0 Å². The highest BCUT2D eigenvalue weighted by atomic mass is 14.6. The maximum absolute atomic E-state index is 5.86. The first kappa shape index (κ1) is 12.0. The van der Waals surface area contributed by atoms with E-state index in [2.05, 4.69) is 20.8 Å². The van der Waals surface area contributed by atoms with Crippen LogP contribution in [-0.2, 0) is 0 Å². The standard InChI is InChI=1S/C13H27N/c1-4-10(2)7-13-8-11(3)5-6-12(13)9-14/h10-13H,4-9,14H2,1-3H3. The summed E-state index contributed by atoms with van der Waals surface area (Å²) in [6, 6.07) is 0. The zero-order valence-corrected chi connectivity index (χ0v) is 10.1. The van der Waals surface area contributed by atoms with Gasteiger partial charge >= 0.3 is 0 Å². The monoisotopic (exact) mass is 197 g/mol. The zero-order valence-electron chi connectivity index (χ0n) is 10.1. The summed E-state index contributed by atoms with van der Waals surface area (Å²) in [5.41, 5.74) is 5.86. The van der Waals surface area contributed by atoms with Gasteiger partial charge in [0.05, 0.1) is 0 Å². The Balaban J connectivity index is 2.44. The molecule has 0 aromatic heterocycles. The van der Waals surface area contributed by atoms with Crippen LogP contribution in [0.4, 0.5) is 0 Å². The molecular weight excluding hydrogens is 170 g/mol. The summed E-state index contributed by atoms with van der Waals surface area (Å²) in [6.45, 7) is 7.99. The molecule has 0 bridgehead atoms. The lowest BCUT2D eigenvalue weighted by Gasteiger charge is -2.35. The molecule has 1 saturated carbocycles. The van der Waals surface area contributed by atoms with Crippen molar-refractivity contribution in [2.75, 3.05) is 6.54 Å². The summed E-state index contributed by atoms with van der Waals surface area (Å²) in [4.78, 5) is 0. The quantitative estimate of drug-likeness (QED) is 0.734. The maximum atomic E-state index is 5.86. The molecule has 0 radical (unpaired) electrons. The van der Waals surface area contributed by atoms with Gasteiger partial charge in [0.25, 0.3) is 0 Å². The molecule has 0 amide bonds. The van der Waals surface area contributed by atoms with Gasteiger partial charge in [-0.15, -0.1) is 0 Å². The molecule has 1 fully saturated rings. The van der Waals surface area contributed by atoms with Crippen molar-refractivity contribution in [3.63, 3.8) is 0 Å². The fourth-order valence-electron chi connectivity index (χ4n) is 2.84. The van der Waals surface area contributed by atoms with Crippen molar-refractivity contribution in [3.8, 4) is 0 Å². The molecule has 84 valence electrons. The SMILES string of the molecule is CCC(C)CC1CC(C)CCC1CN. The van der Waals surface area contributed by atoms with Crippen molar-refractivity contribution in [1.82, 2.24) is 0 Å². The minimum atomic E-state index is 0.820. The fourth-order valence-corrected chi connectivity index (χ4v) is 2.84. The molecule has 1 aliphatic carbocycles. The van der Waals surface area contributed by atoms with Crippen molar-refractivity contribution in [2.45, 2.75) is 52.9 Å². The summed E-state index contributed by atoms with van der Waals surface area (Å²) in [7, 11) is 0. The molecule has 2 N–H and O–H groups in total. The first-order valence-corrected chi connectivity index (χ1v) is 6.37. The zero-order chi connectivity index (χ0) is 10.6. The van der Waals surface area contributed by atoms with E-state index in [1.54, 1.807) is 0 Å². The second-order valence-electron chi connectivity index (χ2n) is 5.42. The van der Waals surface area contributed by atoms with E-state index in [0.29, 0.717) is 0 Å². The van der Waals surface area contributed by atoms with Crippen molar-refractivity contribution in [3.05, 3.63) is 0 Å². The first-order chi connectivity index (χ1) is 6.67. The van der Waals surface area contributed by atoms with Crippen LogP contribution in [0.1, 0.15) is 52.9 Å². The summed E-state index contributed by atoms with van der Waals surface area (Å²) in [5, 5.41) is 0. The molecule has 0 aromatic carbocycles. The van der Waals surface area contributed by atoms with Crippen LogP contribution in [-0.4, -0.2) is 6.54 Å². The van der Waals surface area contributed by atoms with E-state index in [1.165, 1.54) is 32.1 Å². The van der Waals surface area contributed by atoms with Gasteiger partial charge in [-0.1, -0.05) is 33.6 Å². The highest BCUT2D eigenvalue weighted by molar-refractivity contribution is 4.80. The van der Waals surface area contributed by atoms with Crippen LogP contribution < -0.4 is 5.73 Å². The first-order valence-electron chi connectivity index (χ1n) is 6.37. The smallest absolute Gasteiger partial charge is 0.00462 e. The van der Waals surface area contributed by atoms with Gasteiger partial charge in [0.1, 0.15) is 0 Å². The minimum Gasteiger partial charge on any atom is -0.330 e. The van der Waals surface area contributed by atoms with Gasteiger partial charge in [-0.25, -0.2) is 0 Å². The third-order valence-corrected chi connectivity index (χ3v) is 4.11. The molecule has 1 nitrogen and oxygen atoms in total. The normalized spacial score (nSPS) is 35.6. The van der Waals surface area contributed by atoms with E-state index in [4.69, 9.17) is 5.73 Å². The molecule has 0 aliphatic heterocycles. The summed E-state index contributed by atoms with van der Waals surface area (Å²) in [5.74, 6) is 3.56. The van der Waals surface area contributed by atoms with Crippen molar-refractivity contribution in [2.24, 2.45) is 29.4 Å². The van der Waals surface area contributed by atoms with Crippen LogP contribution in [0, 0.1) is 23.7 Å². The lowest BCUT2D eigenvalue weighted by atomic mass is 9.71. The summed E-state index contributed by atoms with van der Waals surface area (Å²) < 4.78 is 0. The Morgan fingerprint density at radius 2 is 2.00 bits per heavy atom. The summed E-state index contributed by atoms with van der Waals surface area (Å²) >= 11 is 0. The Hall–Kier alpha value is -0.0400. The van der Waals surface area contributed by atoms with E-state index >= 15 is 0 Å². The molecule has 4 unspecified atom stereocenters. The van der Waals surface area contributed by atoms with E-state index in [1.807, 2.05) is 0 Å². The molecule has 1 heteroatoms. The molecule has 0 saturated heterocycles. The van der Waals surface area contributed by atoms with Gasteiger partial charge in [0, 0.05) is 0 Å². The second kappa shape index (κ2) is 5.75. The van der Waals surface area contributed by atoms with Crippen LogP contribution in [0.2, 0.25) is 0 Å².